The molecule has 1 amide bonds. The second kappa shape index (κ2) is 9.13. The van der Waals surface area contributed by atoms with Crippen LogP contribution >= 0.6 is 11.6 Å². The van der Waals surface area contributed by atoms with E-state index >= 15 is 0 Å². The van der Waals surface area contributed by atoms with Gasteiger partial charge in [-0.15, -0.1) is 0 Å². The molecule has 0 radical (unpaired) electrons. The number of halogens is 1. The summed E-state index contributed by atoms with van der Waals surface area (Å²) in [7, 11) is -2.15. The summed E-state index contributed by atoms with van der Waals surface area (Å²) in [4.78, 5) is 12.7. The molecule has 1 aliphatic rings. The van der Waals surface area contributed by atoms with Gasteiger partial charge in [0.1, 0.15) is 12.4 Å². The van der Waals surface area contributed by atoms with Crippen LogP contribution in [0.1, 0.15) is 12.5 Å². The predicted molar refractivity (Wildman–Crippen MR) is 111 cm³/mol. The van der Waals surface area contributed by atoms with Gasteiger partial charge in [-0.2, -0.15) is 0 Å². The van der Waals surface area contributed by atoms with Crippen LogP contribution in [0.15, 0.2) is 47.4 Å². The van der Waals surface area contributed by atoms with Crippen LogP contribution in [0.25, 0.3) is 0 Å². The number of hydrogen-bond donors (Lipinski definition) is 2. The first-order valence-electron chi connectivity index (χ1n) is 9.12. The minimum absolute atomic E-state index is 0.114. The van der Waals surface area contributed by atoms with Crippen LogP contribution in [0, 0.1) is 5.92 Å². The molecule has 0 aliphatic carbocycles. The van der Waals surface area contributed by atoms with Crippen molar-refractivity contribution >= 4 is 33.2 Å². The van der Waals surface area contributed by atoms with Crippen LogP contribution in [0.5, 0.6) is 5.75 Å². The molecule has 0 fully saturated rings. The summed E-state index contributed by atoms with van der Waals surface area (Å²) in [5, 5.41) is 3.41. The Morgan fingerprint density at radius 2 is 2.00 bits per heavy atom. The van der Waals surface area contributed by atoms with E-state index in [9.17, 15) is 13.2 Å². The van der Waals surface area contributed by atoms with Gasteiger partial charge < -0.3 is 14.8 Å². The second-order valence-corrected chi connectivity index (χ2v) is 9.11. The smallest absolute Gasteiger partial charge is 0.240 e. The summed E-state index contributed by atoms with van der Waals surface area (Å²) in [5.74, 6) is 0.183. The van der Waals surface area contributed by atoms with E-state index in [1.54, 1.807) is 37.3 Å². The monoisotopic (exact) mass is 438 g/mol. The first kappa shape index (κ1) is 21.6. The quantitative estimate of drug-likeness (QED) is 0.693. The number of ether oxygens (including phenoxy) is 2. The number of amides is 1. The van der Waals surface area contributed by atoms with Gasteiger partial charge in [-0.1, -0.05) is 11.6 Å². The fourth-order valence-corrected chi connectivity index (χ4v) is 4.53. The van der Waals surface area contributed by atoms with Crippen molar-refractivity contribution in [3.8, 4) is 5.75 Å². The maximum Gasteiger partial charge on any atom is 0.240 e. The van der Waals surface area contributed by atoms with Crippen LogP contribution in [-0.4, -0.2) is 40.7 Å². The molecule has 2 atom stereocenters. The Morgan fingerprint density at radius 3 is 2.69 bits per heavy atom. The van der Waals surface area contributed by atoms with Gasteiger partial charge in [-0.3, -0.25) is 4.79 Å². The van der Waals surface area contributed by atoms with Crippen molar-refractivity contribution in [1.82, 2.24) is 4.72 Å². The van der Waals surface area contributed by atoms with E-state index in [4.69, 9.17) is 21.1 Å². The lowest BCUT2D eigenvalue weighted by Crippen LogP contribution is -2.35. The molecular weight excluding hydrogens is 416 g/mol. The topological polar surface area (TPSA) is 93.7 Å². The zero-order valence-corrected chi connectivity index (χ0v) is 17.7. The summed E-state index contributed by atoms with van der Waals surface area (Å²) in [5.41, 5.74) is 1.40. The summed E-state index contributed by atoms with van der Waals surface area (Å²) in [6, 6.07) is 11.0. The van der Waals surface area contributed by atoms with Gasteiger partial charge in [0.25, 0.3) is 0 Å². The largest absolute Gasteiger partial charge is 0.492 e. The first-order chi connectivity index (χ1) is 13.8. The third-order valence-corrected chi connectivity index (χ3v) is 6.35. The van der Waals surface area contributed by atoms with E-state index in [1.165, 1.54) is 19.2 Å². The van der Waals surface area contributed by atoms with Gasteiger partial charge in [-0.25, -0.2) is 13.1 Å². The number of carbonyl (C=O) groups excluding carboxylic acids is 1. The number of sulfonamides is 1. The number of benzene rings is 2. The predicted octanol–water partition coefficient (Wildman–Crippen LogP) is 2.84. The second-order valence-electron chi connectivity index (χ2n) is 6.96. The van der Waals surface area contributed by atoms with Crippen LogP contribution in [0.4, 0.5) is 5.69 Å². The van der Waals surface area contributed by atoms with Crippen molar-refractivity contribution in [2.75, 3.05) is 25.6 Å². The third-order valence-electron chi connectivity index (χ3n) is 4.50. The molecule has 7 nitrogen and oxygen atoms in total. The molecule has 1 heterocycles. The van der Waals surface area contributed by atoms with Crippen molar-refractivity contribution in [3.05, 3.63) is 53.1 Å². The highest BCUT2D eigenvalue weighted by Gasteiger charge is 2.26. The summed E-state index contributed by atoms with van der Waals surface area (Å²) >= 11 is 6.02. The Balaban J connectivity index is 1.63. The van der Waals surface area contributed by atoms with Crippen LogP contribution in [-0.2, 0) is 26.0 Å². The zero-order chi connectivity index (χ0) is 21.0. The maximum atomic E-state index is 12.6. The number of methoxy groups -OCH3 is 1. The molecule has 2 N–H and O–H groups in total. The lowest BCUT2D eigenvalue weighted by Gasteiger charge is -2.24. The van der Waals surface area contributed by atoms with E-state index in [2.05, 4.69) is 10.0 Å². The lowest BCUT2D eigenvalue weighted by molar-refractivity contribution is -0.121. The highest BCUT2D eigenvalue weighted by Crippen LogP contribution is 2.30. The molecule has 3 rings (SSSR count). The number of carbonyl (C=O) groups is 1. The van der Waals surface area contributed by atoms with Gasteiger partial charge in [-0.05, 0) is 61.4 Å². The van der Waals surface area contributed by atoms with Crippen molar-refractivity contribution in [2.24, 2.45) is 5.92 Å². The Bertz CT molecular complexity index is 979. The highest BCUT2D eigenvalue weighted by molar-refractivity contribution is 7.89. The normalized spacial score (nSPS) is 17.1. The summed E-state index contributed by atoms with van der Waals surface area (Å²) in [6.07, 6.45) is 0.523. The Hall–Kier alpha value is -2.13. The van der Waals surface area contributed by atoms with Crippen LogP contribution in [0.3, 0.4) is 0 Å². The van der Waals surface area contributed by atoms with E-state index in [0.29, 0.717) is 17.1 Å². The average molecular weight is 439 g/mol. The Labute approximate surface area is 175 Å². The van der Waals surface area contributed by atoms with E-state index in [-0.39, 0.29) is 36.0 Å². The summed E-state index contributed by atoms with van der Waals surface area (Å²) < 4.78 is 37.9. The molecule has 0 saturated heterocycles. The Kier molecular flexibility index (Phi) is 6.79. The lowest BCUT2D eigenvalue weighted by atomic mass is 9.96. The molecule has 2 aromatic rings. The Morgan fingerprint density at radius 1 is 1.28 bits per heavy atom. The van der Waals surface area contributed by atoms with Gasteiger partial charge >= 0.3 is 0 Å². The van der Waals surface area contributed by atoms with E-state index in [1.807, 2.05) is 0 Å². The number of fused-ring (bicyclic) bond motifs is 1. The number of rotatable bonds is 7. The molecule has 0 aromatic heterocycles. The summed E-state index contributed by atoms with van der Waals surface area (Å²) in [6.45, 7) is 2.26. The minimum atomic E-state index is -3.66. The molecule has 2 aromatic carbocycles. The minimum Gasteiger partial charge on any atom is -0.492 e. The first-order valence-corrected chi connectivity index (χ1v) is 11.0. The van der Waals surface area contributed by atoms with Crippen molar-refractivity contribution < 1.29 is 22.7 Å². The number of hydrogen-bond acceptors (Lipinski definition) is 5. The van der Waals surface area contributed by atoms with Gasteiger partial charge in [0.2, 0.25) is 15.9 Å². The molecule has 0 saturated carbocycles. The number of nitrogens with one attached hydrogen (secondary N) is 2. The number of anilines is 1. The zero-order valence-electron chi connectivity index (χ0n) is 16.1. The van der Waals surface area contributed by atoms with Crippen molar-refractivity contribution in [1.29, 1.82) is 0 Å². The standard InChI is InChI=1S/C20H23ClN2O5S/c1-13(11-27-2)23-29(25,26)18-6-4-17(5-7-18)22-20(24)15-9-14-10-16(21)3-8-19(14)28-12-15/h3-8,10,13,15,23H,9,11-12H2,1-2H3,(H,22,24)/t13-,15+/m1/s1. The van der Waals surface area contributed by atoms with Crippen molar-refractivity contribution in [3.63, 3.8) is 0 Å². The molecule has 1 aliphatic heterocycles. The van der Waals surface area contributed by atoms with E-state index < -0.39 is 10.0 Å². The van der Waals surface area contributed by atoms with Crippen LogP contribution in [0.2, 0.25) is 5.02 Å². The molecule has 0 bridgehead atoms. The van der Waals surface area contributed by atoms with Gasteiger partial charge in [0.05, 0.1) is 17.4 Å². The molecule has 9 heteroatoms. The fraction of sp³-hybridized carbons (Fsp3) is 0.350. The van der Waals surface area contributed by atoms with Crippen LogP contribution < -0.4 is 14.8 Å². The highest BCUT2D eigenvalue weighted by atomic mass is 35.5. The van der Waals surface area contributed by atoms with Crippen molar-refractivity contribution in [2.45, 2.75) is 24.3 Å². The third kappa shape index (κ3) is 5.48. The molecule has 156 valence electrons. The van der Waals surface area contributed by atoms with Gasteiger partial charge in [0.15, 0.2) is 0 Å². The molecule has 0 unspecified atom stereocenters. The average Bonchev–Trinajstić information content (AvgIpc) is 2.67. The van der Waals surface area contributed by atoms with E-state index in [0.717, 1.165) is 11.3 Å². The molecule has 0 spiro atoms. The molecular formula is C20H23ClN2O5S. The van der Waals surface area contributed by atoms with Gasteiger partial charge in [0, 0.05) is 23.9 Å². The maximum absolute atomic E-state index is 12.6. The SMILES string of the molecule is COC[C@@H](C)NS(=O)(=O)c1ccc(NC(=O)[C@@H]2COc3ccc(Cl)cc3C2)cc1. The molecule has 29 heavy (non-hydrogen) atoms. The fourth-order valence-electron chi connectivity index (χ4n) is 3.11.